The van der Waals surface area contributed by atoms with E-state index in [0.29, 0.717) is 0 Å². The summed E-state index contributed by atoms with van der Waals surface area (Å²) in [5, 5.41) is 6.24. The fourth-order valence-electron chi connectivity index (χ4n) is 2.92. The summed E-state index contributed by atoms with van der Waals surface area (Å²) >= 11 is 0. The van der Waals surface area contributed by atoms with Crippen LogP contribution in [0.25, 0.3) is 5.70 Å². The van der Waals surface area contributed by atoms with Crippen LogP contribution in [-0.4, -0.2) is 42.2 Å². The zero-order valence-corrected chi connectivity index (χ0v) is 14.3. The Morgan fingerprint density at radius 2 is 2.04 bits per heavy atom. The molecule has 3 rings (SSSR count). The van der Waals surface area contributed by atoms with Crippen LogP contribution in [-0.2, 0) is 0 Å². The van der Waals surface area contributed by atoms with Gasteiger partial charge < -0.3 is 15.5 Å². The molecule has 0 amide bonds. The number of piperidine rings is 1. The molecule has 2 N–H and O–H groups in total. The van der Waals surface area contributed by atoms with Crippen molar-refractivity contribution in [3.63, 3.8) is 0 Å². The van der Waals surface area contributed by atoms with E-state index in [2.05, 4.69) is 38.2 Å². The Kier molecular flexibility index (Phi) is 4.93. The van der Waals surface area contributed by atoms with Gasteiger partial charge in [-0.15, -0.1) is 0 Å². The maximum absolute atomic E-state index is 4.91. The maximum Gasteiger partial charge on any atom is 0.152 e. The van der Waals surface area contributed by atoms with Gasteiger partial charge in [0.2, 0.25) is 0 Å². The van der Waals surface area contributed by atoms with E-state index < -0.39 is 0 Å². The maximum atomic E-state index is 4.91. The van der Waals surface area contributed by atoms with Crippen LogP contribution < -0.4 is 10.6 Å². The summed E-state index contributed by atoms with van der Waals surface area (Å²) in [4.78, 5) is 16.0. The lowest BCUT2D eigenvalue weighted by Gasteiger charge is -2.31. The molecule has 0 aliphatic carbocycles. The minimum Gasteiger partial charge on any atom is -0.387 e. The Morgan fingerprint density at radius 1 is 1.25 bits per heavy atom. The quantitative estimate of drug-likeness (QED) is 0.878. The van der Waals surface area contributed by atoms with E-state index in [1.54, 1.807) is 12.5 Å². The molecule has 0 atom stereocenters. The van der Waals surface area contributed by atoms with Crippen LogP contribution in [0.2, 0.25) is 0 Å². The predicted molar refractivity (Wildman–Crippen MR) is 100 cm³/mol. The number of likely N-dealkylation sites (tertiary alicyclic amines) is 1. The number of amidine groups is 1. The number of anilines is 1. The molecule has 1 fully saturated rings. The van der Waals surface area contributed by atoms with E-state index >= 15 is 0 Å². The first kappa shape index (κ1) is 16.2. The third-order valence-corrected chi connectivity index (χ3v) is 4.31. The van der Waals surface area contributed by atoms with Crippen molar-refractivity contribution in [2.45, 2.75) is 26.2 Å². The number of aromatic nitrogens is 1. The molecule has 0 aromatic carbocycles. The van der Waals surface area contributed by atoms with Gasteiger partial charge >= 0.3 is 0 Å². The van der Waals surface area contributed by atoms with Crippen LogP contribution in [0.1, 0.15) is 30.5 Å². The van der Waals surface area contributed by atoms with Gasteiger partial charge in [-0.2, -0.15) is 0 Å². The molecule has 3 heterocycles. The normalized spacial score (nSPS) is 20.4. The van der Waals surface area contributed by atoms with Crippen molar-refractivity contribution in [3.05, 3.63) is 42.0 Å². The first-order valence-corrected chi connectivity index (χ1v) is 8.35. The Hall–Kier alpha value is -2.63. The van der Waals surface area contributed by atoms with Crippen molar-refractivity contribution in [2.75, 3.05) is 25.5 Å². The van der Waals surface area contributed by atoms with Gasteiger partial charge in [0, 0.05) is 31.4 Å². The Bertz CT molecular complexity index is 710. The molecule has 6 nitrogen and oxygen atoms in total. The van der Waals surface area contributed by atoms with Crippen molar-refractivity contribution >= 4 is 23.6 Å². The number of nitrogens with zero attached hydrogens (tertiary/aromatic N) is 4. The van der Waals surface area contributed by atoms with Gasteiger partial charge in [0.15, 0.2) is 5.84 Å². The lowest BCUT2D eigenvalue weighted by atomic mass is 10.1. The van der Waals surface area contributed by atoms with Gasteiger partial charge in [-0.05, 0) is 32.3 Å². The highest BCUT2D eigenvalue weighted by Crippen LogP contribution is 2.24. The first-order chi connectivity index (χ1) is 11.7. The van der Waals surface area contributed by atoms with Gasteiger partial charge in [0.25, 0.3) is 0 Å². The average Bonchev–Trinajstić information content (AvgIpc) is 2.60. The highest BCUT2D eigenvalue weighted by molar-refractivity contribution is 6.02. The summed E-state index contributed by atoms with van der Waals surface area (Å²) in [5.41, 5.74) is 4.44. The molecular formula is C18H24N6. The summed E-state index contributed by atoms with van der Waals surface area (Å²) < 4.78 is 0. The summed E-state index contributed by atoms with van der Waals surface area (Å²) in [7, 11) is 1.88. The Labute approximate surface area is 143 Å². The molecule has 126 valence electrons. The Balaban J connectivity index is 2.03. The van der Waals surface area contributed by atoms with E-state index in [9.17, 15) is 0 Å². The highest BCUT2D eigenvalue weighted by atomic mass is 15.2. The second-order valence-electron chi connectivity index (χ2n) is 6.01. The number of nitrogens with one attached hydrogen (secondary N) is 2. The number of aryl methyl sites for hydroxylation is 1. The van der Waals surface area contributed by atoms with E-state index in [1.807, 2.05) is 20.2 Å². The van der Waals surface area contributed by atoms with E-state index in [0.717, 1.165) is 47.3 Å². The van der Waals surface area contributed by atoms with Crippen LogP contribution >= 0.6 is 0 Å². The van der Waals surface area contributed by atoms with Crippen LogP contribution in [0, 0.1) is 6.92 Å². The smallest absolute Gasteiger partial charge is 0.152 e. The van der Waals surface area contributed by atoms with Crippen molar-refractivity contribution in [1.29, 1.82) is 0 Å². The third-order valence-electron chi connectivity index (χ3n) is 4.31. The molecule has 2 aliphatic rings. The SMILES string of the molecule is C=C1NC=N/C=C(/c2cc(NC)cnc2C)N=C1N1CCCCC1. The minimum absolute atomic E-state index is 0.779. The second kappa shape index (κ2) is 7.29. The molecule has 1 aromatic heterocycles. The van der Waals surface area contributed by atoms with Gasteiger partial charge in [-0.3, -0.25) is 4.98 Å². The van der Waals surface area contributed by atoms with Crippen molar-refractivity contribution in [1.82, 2.24) is 15.2 Å². The molecule has 6 heteroatoms. The molecular weight excluding hydrogens is 300 g/mol. The fraction of sp³-hybridized carbons (Fsp3) is 0.389. The predicted octanol–water partition coefficient (Wildman–Crippen LogP) is 2.76. The second-order valence-corrected chi connectivity index (χ2v) is 6.01. The van der Waals surface area contributed by atoms with Crippen LogP contribution in [0.5, 0.6) is 0 Å². The molecule has 0 radical (unpaired) electrons. The Morgan fingerprint density at radius 3 is 2.79 bits per heavy atom. The number of pyridine rings is 1. The first-order valence-electron chi connectivity index (χ1n) is 8.35. The summed E-state index contributed by atoms with van der Waals surface area (Å²) in [6, 6.07) is 2.05. The summed E-state index contributed by atoms with van der Waals surface area (Å²) in [6.45, 7) is 8.14. The number of hydrogen-bond donors (Lipinski definition) is 2. The summed E-state index contributed by atoms with van der Waals surface area (Å²) in [5.74, 6) is 0.890. The van der Waals surface area contributed by atoms with E-state index in [1.165, 1.54) is 19.3 Å². The molecule has 1 saturated heterocycles. The molecule has 0 saturated carbocycles. The van der Waals surface area contributed by atoms with Crippen LogP contribution in [0.15, 0.2) is 40.7 Å². The van der Waals surface area contributed by atoms with E-state index in [4.69, 9.17) is 4.99 Å². The number of rotatable bonds is 2. The molecule has 0 bridgehead atoms. The van der Waals surface area contributed by atoms with Crippen molar-refractivity contribution in [2.24, 2.45) is 9.98 Å². The average molecular weight is 324 g/mol. The highest BCUT2D eigenvalue weighted by Gasteiger charge is 2.19. The zero-order chi connectivity index (χ0) is 16.9. The minimum atomic E-state index is 0.779. The van der Waals surface area contributed by atoms with Gasteiger partial charge in [0.1, 0.15) is 0 Å². The van der Waals surface area contributed by atoms with E-state index in [-0.39, 0.29) is 0 Å². The third kappa shape index (κ3) is 3.48. The lowest BCUT2D eigenvalue weighted by molar-refractivity contribution is 0.342. The van der Waals surface area contributed by atoms with Crippen molar-refractivity contribution in [3.8, 4) is 0 Å². The standard InChI is InChI=1S/C18H24N6/c1-13-16(9-15(19-3)10-21-13)17-11-20-12-22-14(2)18(23-17)24-7-5-4-6-8-24/h9-12,19H,2,4-8H2,1,3H3,(H,20,22)/b17-11-,23-18?. The number of aliphatic imine (C=N–C) groups is 2. The molecule has 0 spiro atoms. The zero-order valence-electron chi connectivity index (χ0n) is 14.3. The molecule has 24 heavy (non-hydrogen) atoms. The monoisotopic (exact) mass is 324 g/mol. The molecule has 1 aromatic rings. The van der Waals surface area contributed by atoms with Crippen molar-refractivity contribution < 1.29 is 0 Å². The lowest BCUT2D eigenvalue weighted by Crippen LogP contribution is -2.39. The molecule has 2 aliphatic heterocycles. The molecule has 0 unspecified atom stereocenters. The van der Waals surface area contributed by atoms with Crippen LogP contribution in [0.3, 0.4) is 0 Å². The summed E-state index contributed by atoms with van der Waals surface area (Å²) in [6.07, 6.45) is 8.91. The van der Waals surface area contributed by atoms with Gasteiger partial charge in [-0.1, -0.05) is 6.58 Å². The fourth-order valence-corrected chi connectivity index (χ4v) is 2.92. The largest absolute Gasteiger partial charge is 0.387 e. The number of hydrogen-bond acceptors (Lipinski definition) is 6. The van der Waals surface area contributed by atoms with Gasteiger partial charge in [0.05, 0.1) is 35.8 Å². The van der Waals surface area contributed by atoms with Gasteiger partial charge in [-0.25, -0.2) is 9.98 Å². The topological polar surface area (TPSA) is 64.9 Å². The van der Waals surface area contributed by atoms with Crippen LogP contribution in [0.4, 0.5) is 5.69 Å².